The Morgan fingerprint density at radius 3 is 2.74 bits per heavy atom. The van der Waals surface area contributed by atoms with E-state index in [0.717, 1.165) is 37.4 Å². The fraction of sp³-hybridized carbons (Fsp3) is 0.588. The predicted octanol–water partition coefficient (Wildman–Crippen LogP) is 2.52. The minimum atomic E-state index is 0. The highest BCUT2D eigenvalue weighted by atomic mass is 35.5. The number of rotatable bonds is 6. The van der Waals surface area contributed by atoms with Gasteiger partial charge in [0, 0.05) is 11.7 Å². The molecule has 0 radical (unpaired) electrons. The Balaban J connectivity index is 0.00000264. The number of hydrogen-bond donors (Lipinski definition) is 2. The summed E-state index contributed by atoms with van der Waals surface area (Å²) in [7, 11) is 2.04. The Labute approximate surface area is 145 Å². The van der Waals surface area contributed by atoms with Gasteiger partial charge in [-0.25, -0.2) is 0 Å². The van der Waals surface area contributed by atoms with Crippen LogP contribution in [0.3, 0.4) is 0 Å². The van der Waals surface area contributed by atoms with Crippen LogP contribution in [0.25, 0.3) is 0 Å². The average Bonchev–Trinajstić information content (AvgIpc) is 2.78. The van der Waals surface area contributed by atoms with E-state index in [-0.39, 0.29) is 18.3 Å². The van der Waals surface area contributed by atoms with Gasteiger partial charge < -0.3 is 15.4 Å². The number of nitrogens with zero attached hydrogens (tertiary/aromatic N) is 1. The Morgan fingerprint density at radius 2 is 2.04 bits per heavy atom. The third-order valence-electron chi connectivity index (χ3n) is 4.01. The van der Waals surface area contributed by atoms with E-state index in [2.05, 4.69) is 15.5 Å². The Kier molecular flexibility index (Phi) is 8.99. The topological polar surface area (TPSA) is 53.6 Å². The lowest BCUT2D eigenvalue weighted by atomic mass is 10.1. The molecule has 0 bridgehead atoms. The molecular weight excluding hydrogens is 314 g/mol. The highest BCUT2D eigenvalue weighted by molar-refractivity contribution is 5.92. The Hall–Kier alpha value is -1.30. The Bertz CT molecular complexity index is 459. The number of halogens is 1. The van der Waals surface area contributed by atoms with Gasteiger partial charge in [-0.05, 0) is 70.6 Å². The van der Waals surface area contributed by atoms with Crippen molar-refractivity contribution in [3.63, 3.8) is 0 Å². The number of carbonyl (C=O) groups excluding carboxylic acids is 1. The maximum Gasteiger partial charge on any atom is 0.238 e. The molecule has 1 unspecified atom stereocenters. The van der Waals surface area contributed by atoms with Crippen LogP contribution in [0.4, 0.5) is 5.69 Å². The van der Waals surface area contributed by atoms with Gasteiger partial charge in [0.1, 0.15) is 5.75 Å². The van der Waals surface area contributed by atoms with E-state index in [1.165, 1.54) is 6.42 Å². The molecule has 1 fully saturated rings. The molecule has 2 rings (SSSR count). The van der Waals surface area contributed by atoms with E-state index in [1.54, 1.807) is 0 Å². The second kappa shape index (κ2) is 10.5. The molecule has 1 aromatic rings. The molecule has 0 spiro atoms. The van der Waals surface area contributed by atoms with Crippen LogP contribution in [0.5, 0.6) is 5.75 Å². The first-order valence-corrected chi connectivity index (χ1v) is 8.12. The summed E-state index contributed by atoms with van der Waals surface area (Å²) >= 11 is 0. The van der Waals surface area contributed by atoms with Crippen LogP contribution in [0.1, 0.15) is 26.2 Å². The van der Waals surface area contributed by atoms with E-state index in [0.29, 0.717) is 19.2 Å². The van der Waals surface area contributed by atoms with Gasteiger partial charge in [-0.2, -0.15) is 0 Å². The van der Waals surface area contributed by atoms with Crippen LogP contribution in [0.15, 0.2) is 24.3 Å². The normalized spacial score (nSPS) is 18.0. The first kappa shape index (κ1) is 19.7. The van der Waals surface area contributed by atoms with E-state index >= 15 is 0 Å². The number of carbonyl (C=O) groups is 1. The number of hydrogen-bond acceptors (Lipinski definition) is 4. The SMILES string of the molecule is CCOc1ccc(NC(=O)CN(C)C2CCCNCC2)cc1.Cl. The van der Waals surface area contributed by atoms with E-state index in [9.17, 15) is 4.79 Å². The van der Waals surface area contributed by atoms with Crippen LogP contribution in [-0.2, 0) is 4.79 Å². The molecule has 0 saturated carbocycles. The van der Waals surface area contributed by atoms with Crippen molar-refractivity contribution in [3.8, 4) is 5.75 Å². The first-order valence-electron chi connectivity index (χ1n) is 8.12. The molecule has 130 valence electrons. The second-order valence-electron chi connectivity index (χ2n) is 5.76. The lowest BCUT2D eigenvalue weighted by molar-refractivity contribution is -0.117. The number of anilines is 1. The molecule has 1 saturated heterocycles. The summed E-state index contributed by atoms with van der Waals surface area (Å²) in [6.07, 6.45) is 3.43. The smallest absolute Gasteiger partial charge is 0.238 e. The minimum absolute atomic E-state index is 0. The zero-order valence-electron chi connectivity index (χ0n) is 14.0. The highest BCUT2D eigenvalue weighted by Crippen LogP contribution is 2.16. The second-order valence-corrected chi connectivity index (χ2v) is 5.76. The van der Waals surface area contributed by atoms with Gasteiger partial charge in [0.25, 0.3) is 0 Å². The predicted molar refractivity (Wildman–Crippen MR) is 96.6 cm³/mol. The molecule has 23 heavy (non-hydrogen) atoms. The number of nitrogens with one attached hydrogen (secondary N) is 2. The quantitative estimate of drug-likeness (QED) is 0.834. The first-order chi connectivity index (χ1) is 10.7. The maximum atomic E-state index is 12.2. The molecule has 1 atom stereocenters. The molecule has 2 N–H and O–H groups in total. The van der Waals surface area contributed by atoms with Crippen LogP contribution in [0, 0.1) is 0 Å². The van der Waals surface area contributed by atoms with Crippen molar-refractivity contribution in [1.29, 1.82) is 0 Å². The average molecular weight is 342 g/mol. The molecule has 1 amide bonds. The van der Waals surface area contributed by atoms with Crippen molar-refractivity contribution in [3.05, 3.63) is 24.3 Å². The lowest BCUT2D eigenvalue weighted by Crippen LogP contribution is -2.38. The maximum absolute atomic E-state index is 12.2. The van der Waals surface area contributed by atoms with Crippen LogP contribution >= 0.6 is 12.4 Å². The molecule has 5 nitrogen and oxygen atoms in total. The van der Waals surface area contributed by atoms with Gasteiger partial charge in [0.2, 0.25) is 5.91 Å². The van der Waals surface area contributed by atoms with E-state index < -0.39 is 0 Å². The van der Waals surface area contributed by atoms with Gasteiger partial charge in [-0.15, -0.1) is 12.4 Å². The van der Waals surface area contributed by atoms with Crippen molar-refractivity contribution >= 4 is 24.0 Å². The fourth-order valence-corrected chi connectivity index (χ4v) is 2.80. The number of amides is 1. The van der Waals surface area contributed by atoms with Crippen LogP contribution in [0.2, 0.25) is 0 Å². The summed E-state index contributed by atoms with van der Waals surface area (Å²) in [5.41, 5.74) is 0.810. The van der Waals surface area contributed by atoms with Crippen molar-refractivity contribution in [2.75, 3.05) is 38.6 Å². The molecule has 1 heterocycles. The summed E-state index contributed by atoms with van der Waals surface area (Å²) < 4.78 is 5.39. The largest absolute Gasteiger partial charge is 0.494 e. The van der Waals surface area contributed by atoms with Gasteiger partial charge >= 0.3 is 0 Å². The van der Waals surface area contributed by atoms with Crippen molar-refractivity contribution in [2.45, 2.75) is 32.2 Å². The summed E-state index contributed by atoms with van der Waals surface area (Å²) in [6.45, 7) is 5.15. The lowest BCUT2D eigenvalue weighted by Gasteiger charge is -2.26. The third kappa shape index (κ3) is 6.77. The highest BCUT2D eigenvalue weighted by Gasteiger charge is 2.18. The van der Waals surface area contributed by atoms with Gasteiger partial charge in [0.15, 0.2) is 0 Å². The number of benzene rings is 1. The zero-order chi connectivity index (χ0) is 15.8. The van der Waals surface area contributed by atoms with Crippen molar-refractivity contribution < 1.29 is 9.53 Å². The zero-order valence-corrected chi connectivity index (χ0v) is 14.8. The summed E-state index contributed by atoms with van der Waals surface area (Å²) in [4.78, 5) is 14.3. The molecule has 1 aromatic carbocycles. The van der Waals surface area contributed by atoms with Gasteiger partial charge in [-0.1, -0.05) is 0 Å². The Morgan fingerprint density at radius 1 is 1.30 bits per heavy atom. The van der Waals surface area contributed by atoms with E-state index in [4.69, 9.17) is 4.74 Å². The fourth-order valence-electron chi connectivity index (χ4n) is 2.80. The van der Waals surface area contributed by atoms with Gasteiger partial charge in [-0.3, -0.25) is 9.69 Å². The molecule has 0 aliphatic carbocycles. The summed E-state index contributed by atoms with van der Waals surface area (Å²) in [5, 5.41) is 6.35. The molecule has 6 heteroatoms. The monoisotopic (exact) mass is 341 g/mol. The molecule has 1 aliphatic heterocycles. The molecule has 0 aromatic heterocycles. The van der Waals surface area contributed by atoms with Crippen molar-refractivity contribution in [1.82, 2.24) is 10.2 Å². The van der Waals surface area contributed by atoms with Crippen molar-refractivity contribution in [2.24, 2.45) is 0 Å². The molecule has 1 aliphatic rings. The standard InChI is InChI=1S/C17H27N3O2.ClH/c1-3-22-16-8-6-14(7-9-16)19-17(21)13-20(2)15-5-4-11-18-12-10-15;/h6-9,15,18H,3-5,10-13H2,1-2H3,(H,19,21);1H. The summed E-state index contributed by atoms with van der Waals surface area (Å²) in [5.74, 6) is 0.854. The van der Waals surface area contributed by atoms with Crippen LogP contribution in [-0.4, -0.2) is 50.1 Å². The number of ether oxygens (including phenoxy) is 1. The van der Waals surface area contributed by atoms with E-state index in [1.807, 2.05) is 38.2 Å². The van der Waals surface area contributed by atoms with Crippen LogP contribution < -0.4 is 15.4 Å². The third-order valence-corrected chi connectivity index (χ3v) is 4.01. The molecular formula is C17H28ClN3O2. The number of likely N-dealkylation sites (N-methyl/N-ethyl adjacent to an activating group) is 1. The van der Waals surface area contributed by atoms with Gasteiger partial charge in [0.05, 0.1) is 13.2 Å². The summed E-state index contributed by atoms with van der Waals surface area (Å²) in [6, 6.07) is 7.98. The minimum Gasteiger partial charge on any atom is -0.494 e.